The van der Waals surface area contributed by atoms with Crippen LogP contribution in [0.5, 0.6) is 0 Å². The van der Waals surface area contributed by atoms with Crippen LogP contribution in [0.4, 0.5) is 0 Å². The standard InChI is InChI=1S/C13H16N2O/c1-10(2)8-12(9-14)15-13(16)11-6-4-3-5-7-11/h3-7,10,12H,8H2,1-2H3,(H,15,16)/t12-/m1/s1. The Morgan fingerprint density at radius 2 is 2.00 bits per heavy atom. The molecule has 0 radical (unpaired) electrons. The van der Waals surface area contributed by atoms with Gasteiger partial charge in [-0.15, -0.1) is 0 Å². The molecule has 3 heteroatoms. The van der Waals surface area contributed by atoms with Gasteiger partial charge in [-0.1, -0.05) is 32.0 Å². The maximum Gasteiger partial charge on any atom is 0.252 e. The summed E-state index contributed by atoms with van der Waals surface area (Å²) in [6, 6.07) is 10.6. The van der Waals surface area contributed by atoms with Crippen LogP contribution in [0.15, 0.2) is 30.3 Å². The molecule has 0 aromatic heterocycles. The first kappa shape index (κ1) is 12.3. The van der Waals surface area contributed by atoms with E-state index in [1.54, 1.807) is 24.3 Å². The lowest BCUT2D eigenvalue weighted by Crippen LogP contribution is -2.34. The fraction of sp³-hybridized carbons (Fsp3) is 0.385. The van der Waals surface area contributed by atoms with Gasteiger partial charge in [0.15, 0.2) is 0 Å². The van der Waals surface area contributed by atoms with Gasteiger partial charge in [0.05, 0.1) is 6.07 Å². The van der Waals surface area contributed by atoms with E-state index in [0.29, 0.717) is 17.9 Å². The Labute approximate surface area is 96.1 Å². The summed E-state index contributed by atoms with van der Waals surface area (Å²) in [6.07, 6.45) is 0.676. The smallest absolute Gasteiger partial charge is 0.252 e. The van der Waals surface area contributed by atoms with Crippen molar-refractivity contribution in [2.75, 3.05) is 0 Å². The number of nitriles is 1. The summed E-state index contributed by atoms with van der Waals surface area (Å²) < 4.78 is 0. The molecule has 0 aliphatic carbocycles. The van der Waals surface area contributed by atoms with Gasteiger partial charge in [-0.05, 0) is 24.5 Å². The first-order valence-corrected chi connectivity index (χ1v) is 5.39. The first-order valence-electron chi connectivity index (χ1n) is 5.39. The molecule has 0 aliphatic rings. The number of nitrogens with zero attached hydrogens (tertiary/aromatic N) is 1. The van der Waals surface area contributed by atoms with E-state index in [2.05, 4.69) is 11.4 Å². The van der Waals surface area contributed by atoms with Gasteiger partial charge < -0.3 is 5.32 Å². The van der Waals surface area contributed by atoms with Crippen LogP contribution in [0, 0.1) is 17.2 Å². The summed E-state index contributed by atoms with van der Waals surface area (Å²) in [5.41, 5.74) is 0.589. The van der Waals surface area contributed by atoms with Crippen molar-refractivity contribution in [2.45, 2.75) is 26.3 Å². The molecule has 1 atom stereocenters. The van der Waals surface area contributed by atoms with E-state index >= 15 is 0 Å². The molecule has 3 nitrogen and oxygen atoms in total. The van der Waals surface area contributed by atoms with Gasteiger partial charge in [-0.25, -0.2) is 0 Å². The molecule has 0 unspecified atom stereocenters. The molecule has 1 aromatic carbocycles. The van der Waals surface area contributed by atoms with Crippen LogP contribution < -0.4 is 5.32 Å². The molecule has 0 aliphatic heterocycles. The minimum atomic E-state index is -0.410. The van der Waals surface area contributed by atoms with Crippen LogP contribution in [0.1, 0.15) is 30.6 Å². The summed E-state index contributed by atoms with van der Waals surface area (Å²) in [5, 5.41) is 11.6. The fourth-order valence-electron chi connectivity index (χ4n) is 1.45. The highest BCUT2D eigenvalue weighted by Gasteiger charge is 2.13. The number of nitrogens with one attached hydrogen (secondary N) is 1. The van der Waals surface area contributed by atoms with Crippen molar-refractivity contribution in [3.63, 3.8) is 0 Å². The second-order valence-electron chi connectivity index (χ2n) is 4.15. The lowest BCUT2D eigenvalue weighted by molar-refractivity contribution is 0.0942. The Morgan fingerprint density at radius 1 is 1.38 bits per heavy atom. The van der Waals surface area contributed by atoms with Crippen LogP contribution in [-0.2, 0) is 0 Å². The Bertz CT molecular complexity index is 379. The minimum absolute atomic E-state index is 0.187. The second-order valence-corrected chi connectivity index (χ2v) is 4.15. The van der Waals surface area contributed by atoms with E-state index in [0.717, 1.165) is 0 Å². The van der Waals surface area contributed by atoms with Crippen molar-refractivity contribution in [2.24, 2.45) is 5.92 Å². The summed E-state index contributed by atoms with van der Waals surface area (Å²) >= 11 is 0. The summed E-state index contributed by atoms with van der Waals surface area (Å²) in [5.74, 6) is 0.202. The van der Waals surface area contributed by atoms with Crippen molar-refractivity contribution in [3.8, 4) is 6.07 Å². The molecular formula is C13H16N2O. The highest BCUT2D eigenvalue weighted by atomic mass is 16.1. The predicted molar refractivity (Wildman–Crippen MR) is 62.8 cm³/mol. The predicted octanol–water partition coefficient (Wildman–Crippen LogP) is 2.35. The SMILES string of the molecule is CC(C)C[C@H](C#N)NC(=O)c1ccccc1. The molecule has 16 heavy (non-hydrogen) atoms. The van der Waals surface area contributed by atoms with Gasteiger partial charge in [0.2, 0.25) is 0 Å². The van der Waals surface area contributed by atoms with E-state index in [9.17, 15) is 4.79 Å². The van der Waals surface area contributed by atoms with E-state index in [4.69, 9.17) is 5.26 Å². The molecule has 0 fully saturated rings. The lowest BCUT2D eigenvalue weighted by Gasteiger charge is -2.13. The van der Waals surface area contributed by atoms with E-state index < -0.39 is 6.04 Å². The molecule has 0 bridgehead atoms. The van der Waals surface area contributed by atoms with Gasteiger partial charge in [0.25, 0.3) is 5.91 Å². The Balaban J connectivity index is 2.60. The van der Waals surface area contributed by atoms with Gasteiger partial charge in [-0.3, -0.25) is 4.79 Å². The number of hydrogen-bond donors (Lipinski definition) is 1. The first-order chi connectivity index (χ1) is 7.63. The molecule has 0 heterocycles. The topological polar surface area (TPSA) is 52.9 Å². The van der Waals surface area contributed by atoms with Crippen molar-refractivity contribution in [1.82, 2.24) is 5.32 Å². The van der Waals surface area contributed by atoms with Crippen LogP contribution in [0.25, 0.3) is 0 Å². The third-order valence-electron chi connectivity index (χ3n) is 2.20. The number of hydrogen-bond acceptors (Lipinski definition) is 2. The highest BCUT2D eigenvalue weighted by molar-refractivity contribution is 5.94. The normalized spacial score (nSPS) is 11.9. The summed E-state index contributed by atoms with van der Waals surface area (Å²) in [4.78, 5) is 11.7. The fourth-order valence-corrected chi connectivity index (χ4v) is 1.45. The second kappa shape index (κ2) is 5.92. The largest absolute Gasteiger partial charge is 0.336 e. The maximum absolute atomic E-state index is 11.7. The van der Waals surface area contributed by atoms with Gasteiger partial charge in [-0.2, -0.15) is 5.26 Å². The third kappa shape index (κ3) is 3.74. The maximum atomic E-state index is 11.7. The van der Waals surface area contributed by atoms with Crippen molar-refractivity contribution < 1.29 is 4.79 Å². The molecule has 0 saturated carbocycles. The number of benzene rings is 1. The number of rotatable bonds is 4. The summed E-state index contributed by atoms with van der Waals surface area (Å²) in [7, 11) is 0. The number of carbonyl (C=O) groups is 1. The number of amides is 1. The molecule has 1 rings (SSSR count). The molecular weight excluding hydrogens is 200 g/mol. The molecule has 1 amide bonds. The molecule has 84 valence electrons. The zero-order chi connectivity index (χ0) is 12.0. The van der Waals surface area contributed by atoms with Crippen LogP contribution in [0.2, 0.25) is 0 Å². The zero-order valence-electron chi connectivity index (χ0n) is 9.60. The number of carbonyl (C=O) groups excluding carboxylic acids is 1. The summed E-state index contributed by atoms with van der Waals surface area (Å²) in [6.45, 7) is 4.05. The average molecular weight is 216 g/mol. The quantitative estimate of drug-likeness (QED) is 0.840. The molecule has 1 aromatic rings. The monoisotopic (exact) mass is 216 g/mol. The van der Waals surface area contributed by atoms with Gasteiger partial charge in [0, 0.05) is 5.56 Å². The Hall–Kier alpha value is -1.82. The van der Waals surface area contributed by atoms with Crippen LogP contribution in [-0.4, -0.2) is 11.9 Å². The van der Waals surface area contributed by atoms with E-state index in [1.165, 1.54) is 0 Å². The van der Waals surface area contributed by atoms with Crippen LogP contribution >= 0.6 is 0 Å². The zero-order valence-corrected chi connectivity index (χ0v) is 9.60. The van der Waals surface area contributed by atoms with Crippen molar-refractivity contribution >= 4 is 5.91 Å². The van der Waals surface area contributed by atoms with Crippen LogP contribution in [0.3, 0.4) is 0 Å². The van der Waals surface area contributed by atoms with E-state index in [-0.39, 0.29) is 5.91 Å². The lowest BCUT2D eigenvalue weighted by atomic mass is 10.0. The van der Waals surface area contributed by atoms with E-state index in [1.807, 2.05) is 19.9 Å². The molecule has 0 spiro atoms. The highest BCUT2D eigenvalue weighted by Crippen LogP contribution is 2.05. The Kier molecular flexibility index (Phi) is 4.53. The van der Waals surface area contributed by atoms with Crippen molar-refractivity contribution in [3.05, 3.63) is 35.9 Å². The molecule has 1 N–H and O–H groups in total. The third-order valence-corrected chi connectivity index (χ3v) is 2.20. The van der Waals surface area contributed by atoms with Crippen molar-refractivity contribution in [1.29, 1.82) is 5.26 Å². The minimum Gasteiger partial charge on any atom is -0.336 e. The Morgan fingerprint density at radius 3 is 2.50 bits per heavy atom. The van der Waals surface area contributed by atoms with Gasteiger partial charge >= 0.3 is 0 Å². The average Bonchev–Trinajstić information content (AvgIpc) is 2.28. The van der Waals surface area contributed by atoms with Gasteiger partial charge in [0.1, 0.15) is 6.04 Å². The molecule has 0 saturated heterocycles.